The second kappa shape index (κ2) is 9.74. The van der Waals surface area contributed by atoms with Gasteiger partial charge >= 0.3 is 125 Å². The van der Waals surface area contributed by atoms with Gasteiger partial charge in [0.25, 0.3) is 0 Å². The molecule has 17 heavy (non-hydrogen) atoms. The molecule has 0 heterocycles. The molecule has 0 aliphatic heterocycles. The molecule has 0 radical (unpaired) electrons. The molecule has 0 unspecified atom stereocenters. The molecular formula is C13H33As3Si. The summed E-state index contributed by atoms with van der Waals surface area (Å²) in [5.41, 5.74) is 0. The van der Waals surface area contributed by atoms with Crippen molar-refractivity contribution in [3.8, 4) is 0 Å². The van der Waals surface area contributed by atoms with E-state index in [2.05, 4.69) is 48.1 Å². The molecule has 0 saturated heterocycles. The Balaban J connectivity index is 5.29. The summed E-state index contributed by atoms with van der Waals surface area (Å²) in [5.74, 6) is 0. The van der Waals surface area contributed by atoms with E-state index in [0.717, 1.165) is 0 Å². The first-order valence-electron chi connectivity index (χ1n) is 7.31. The van der Waals surface area contributed by atoms with Crippen molar-refractivity contribution in [3.63, 3.8) is 0 Å². The van der Waals surface area contributed by atoms with Crippen molar-refractivity contribution in [2.45, 2.75) is 79.3 Å². The van der Waals surface area contributed by atoms with Crippen molar-refractivity contribution in [1.29, 1.82) is 0 Å². The van der Waals surface area contributed by atoms with Crippen LogP contribution in [0.5, 0.6) is 0 Å². The molecule has 0 N–H and O–H groups in total. The Hall–Kier alpha value is 1.89. The van der Waals surface area contributed by atoms with E-state index in [9.17, 15) is 0 Å². The monoisotopic (exact) mass is 442 g/mol. The number of hydrogen-bond acceptors (Lipinski definition) is 0. The SMILES string of the molecule is CC[As](CC)[Si](C)([As](CC)CC)[As](CC)CC. The van der Waals surface area contributed by atoms with Crippen molar-refractivity contribution in [3.05, 3.63) is 0 Å². The van der Waals surface area contributed by atoms with E-state index in [-0.39, 0.29) is 0 Å². The second-order valence-electron chi connectivity index (χ2n) is 4.49. The van der Waals surface area contributed by atoms with Crippen LogP contribution in [0.4, 0.5) is 0 Å². The predicted molar refractivity (Wildman–Crippen MR) is 91.8 cm³/mol. The molecule has 0 bridgehead atoms. The van der Waals surface area contributed by atoms with E-state index in [4.69, 9.17) is 0 Å². The minimum atomic E-state index is -0.700. The van der Waals surface area contributed by atoms with Crippen LogP contribution in [-0.4, -0.2) is 45.5 Å². The normalized spacial score (nSPS) is 13.1. The van der Waals surface area contributed by atoms with Gasteiger partial charge in [-0.1, -0.05) is 0 Å². The van der Waals surface area contributed by atoms with Crippen LogP contribution in [0.3, 0.4) is 0 Å². The molecule has 4 heteroatoms. The van der Waals surface area contributed by atoms with Gasteiger partial charge in [-0.25, -0.2) is 0 Å². The van der Waals surface area contributed by atoms with Crippen molar-refractivity contribution in [1.82, 2.24) is 0 Å². The summed E-state index contributed by atoms with van der Waals surface area (Å²) >= 11 is -1.25. The molecule has 0 aliphatic carbocycles. The standard InChI is InChI=1S/C13H33As3Si/c1-8-14(9-2)17(7,15(10-3)11-4)16(12-5)13-6/h8-13H2,1-7H3. The molecule has 0 aromatic rings. The summed E-state index contributed by atoms with van der Waals surface area (Å²) < 4.78 is -0.700. The molecule has 0 rings (SSSR count). The third-order valence-corrected chi connectivity index (χ3v) is 105. The quantitative estimate of drug-likeness (QED) is 0.446. The molecule has 0 aliphatic rings. The number of rotatable bonds is 9. The van der Waals surface area contributed by atoms with Gasteiger partial charge in [-0.05, 0) is 0 Å². The zero-order valence-corrected chi connectivity index (χ0v) is 19.7. The van der Waals surface area contributed by atoms with Gasteiger partial charge in [0.15, 0.2) is 0 Å². The zero-order valence-electron chi connectivity index (χ0n) is 13.1. The molecule has 0 aromatic heterocycles. The van der Waals surface area contributed by atoms with Gasteiger partial charge in [0.2, 0.25) is 0 Å². The van der Waals surface area contributed by atoms with Crippen LogP contribution in [-0.2, 0) is 0 Å². The van der Waals surface area contributed by atoms with E-state index in [1.54, 1.807) is 31.3 Å². The van der Waals surface area contributed by atoms with E-state index < -0.39 is 45.5 Å². The molecule has 0 saturated carbocycles. The Kier molecular flexibility index (Phi) is 10.8. The van der Waals surface area contributed by atoms with Crippen LogP contribution in [0.1, 0.15) is 41.5 Å². The molecule has 0 atom stereocenters. The van der Waals surface area contributed by atoms with Crippen molar-refractivity contribution < 1.29 is 0 Å². The summed E-state index contributed by atoms with van der Waals surface area (Å²) in [6, 6.07) is 0. The summed E-state index contributed by atoms with van der Waals surface area (Å²) in [6.07, 6.45) is 0. The van der Waals surface area contributed by atoms with E-state index in [1.807, 2.05) is 0 Å². The van der Waals surface area contributed by atoms with E-state index in [1.165, 1.54) is 0 Å². The van der Waals surface area contributed by atoms with Gasteiger partial charge in [-0.2, -0.15) is 0 Å². The molecule has 0 spiro atoms. The predicted octanol–water partition coefficient (Wildman–Crippen LogP) is 4.90. The van der Waals surface area contributed by atoms with Crippen LogP contribution >= 0.6 is 0 Å². The first kappa shape index (κ1) is 18.9. The Morgan fingerprint density at radius 1 is 0.529 bits per heavy atom. The van der Waals surface area contributed by atoms with Crippen molar-refractivity contribution in [2.75, 3.05) is 0 Å². The minimum absolute atomic E-state index is 0.415. The average Bonchev–Trinajstić information content (AvgIpc) is 2.33. The maximum atomic E-state index is 2.93. The van der Waals surface area contributed by atoms with Gasteiger partial charge in [-0.15, -0.1) is 0 Å². The fourth-order valence-corrected chi connectivity index (χ4v) is 136. The first-order chi connectivity index (χ1) is 8.06. The van der Waals surface area contributed by atoms with Gasteiger partial charge < -0.3 is 0 Å². The third-order valence-electron chi connectivity index (χ3n) is 4.09. The van der Waals surface area contributed by atoms with Gasteiger partial charge in [-0.3, -0.25) is 0 Å². The van der Waals surface area contributed by atoms with Gasteiger partial charge in [0, 0.05) is 0 Å². The van der Waals surface area contributed by atoms with E-state index >= 15 is 0 Å². The maximum absolute atomic E-state index is 2.93. The van der Waals surface area contributed by atoms with Crippen LogP contribution in [0.2, 0.25) is 37.8 Å². The molecule has 0 amide bonds. The number of hydrogen-bond donors (Lipinski definition) is 0. The van der Waals surface area contributed by atoms with Gasteiger partial charge in [0.1, 0.15) is 0 Å². The molecule has 0 fully saturated rings. The Morgan fingerprint density at radius 2 is 0.706 bits per heavy atom. The molecule has 0 nitrogen and oxygen atoms in total. The topological polar surface area (TPSA) is 0 Å². The fraction of sp³-hybridized carbons (Fsp3) is 1.00. The van der Waals surface area contributed by atoms with Crippen LogP contribution in [0, 0.1) is 0 Å². The second-order valence-corrected chi connectivity index (χ2v) is 62.9. The average molecular weight is 442 g/mol. The first-order valence-corrected chi connectivity index (χ1v) is 26.1. The zero-order chi connectivity index (χ0) is 13.5. The fourth-order valence-electron chi connectivity index (χ4n) is 3.07. The van der Waals surface area contributed by atoms with Gasteiger partial charge in [0.05, 0.1) is 0 Å². The summed E-state index contributed by atoms with van der Waals surface area (Å²) in [5, 5.41) is 9.77. The Morgan fingerprint density at radius 3 is 0.824 bits per heavy atom. The molecular weight excluding hydrogens is 409 g/mol. The van der Waals surface area contributed by atoms with Crippen molar-refractivity contribution >= 4 is 45.5 Å². The summed E-state index contributed by atoms with van der Waals surface area (Å²) in [7, 11) is 0. The van der Waals surface area contributed by atoms with Crippen LogP contribution in [0.15, 0.2) is 0 Å². The van der Waals surface area contributed by atoms with E-state index in [0.29, 0.717) is 0 Å². The van der Waals surface area contributed by atoms with Crippen LogP contribution in [0.25, 0.3) is 0 Å². The summed E-state index contributed by atoms with van der Waals surface area (Å²) in [6.45, 7) is 18.1. The Bertz CT molecular complexity index is 156. The summed E-state index contributed by atoms with van der Waals surface area (Å²) in [4.78, 5) is 0. The molecule has 0 aromatic carbocycles. The van der Waals surface area contributed by atoms with Crippen molar-refractivity contribution in [2.24, 2.45) is 0 Å². The third kappa shape index (κ3) is 4.44. The Labute approximate surface area is 124 Å². The van der Waals surface area contributed by atoms with Crippen LogP contribution < -0.4 is 0 Å². The molecule has 104 valence electrons.